The molecular weight excluding hydrogens is 344 g/mol. The van der Waals surface area contributed by atoms with Gasteiger partial charge in [-0.2, -0.15) is 0 Å². The average molecular weight is 370 g/mol. The SMILES string of the molecule is COc1cc(NC(=O)N2CCC[C@H]2c2ccc(C)cc2)cc(OC)c1OC. The van der Waals surface area contributed by atoms with Gasteiger partial charge in [0.05, 0.1) is 33.1 Å². The topological polar surface area (TPSA) is 60.0 Å². The van der Waals surface area contributed by atoms with Crippen LogP contribution in [0.4, 0.5) is 10.5 Å². The van der Waals surface area contributed by atoms with Gasteiger partial charge in [-0.05, 0) is 25.3 Å². The lowest BCUT2D eigenvalue weighted by molar-refractivity contribution is 0.207. The molecule has 0 aliphatic carbocycles. The van der Waals surface area contributed by atoms with Crippen LogP contribution in [-0.4, -0.2) is 38.8 Å². The summed E-state index contributed by atoms with van der Waals surface area (Å²) in [5, 5.41) is 2.97. The van der Waals surface area contributed by atoms with Gasteiger partial charge in [-0.1, -0.05) is 29.8 Å². The number of urea groups is 1. The molecule has 1 heterocycles. The Hall–Kier alpha value is -2.89. The van der Waals surface area contributed by atoms with Gasteiger partial charge in [-0.3, -0.25) is 0 Å². The highest BCUT2D eigenvalue weighted by molar-refractivity contribution is 5.90. The third-order valence-corrected chi connectivity index (χ3v) is 4.89. The summed E-state index contributed by atoms with van der Waals surface area (Å²) in [4.78, 5) is 14.8. The molecule has 1 fully saturated rings. The van der Waals surface area contributed by atoms with E-state index in [0.29, 0.717) is 22.9 Å². The van der Waals surface area contributed by atoms with Gasteiger partial charge in [0.25, 0.3) is 0 Å². The van der Waals surface area contributed by atoms with Crippen LogP contribution in [0.15, 0.2) is 36.4 Å². The van der Waals surface area contributed by atoms with Crippen molar-refractivity contribution in [3.63, 3.8) is 0 Å². The van der Waals surface area contributed by atoms with Crippen LogP contribution >= 0.6 is 0 Å². The lowest BCUT2D eigenvalue weighted by Crippen LogP contribution is -2.34. The number of aryl methyl sites for hydroxylation is 1. The first-order valence-corrected chi connectivity index (χ1v) is 9.01. The number of ether oxygens (including phenoxy) is 3. The van der Waals surface area contributed by atoms with Crippen molar-refractivity contribution in [3.8, 4) is 17.2 Å². The molecule has 144 valence electrons. The molecule has 0 aromatic heterocycles. The molecule has 0 radical (unpaired) electrons. The quantitative estimate of drug-likeness (QED) is 0.848. The molecule has 6 nitrogen and oxygen atoms in total. The first-order valence-electron chi connectivity index (χ1n) is 9.01. The Kier molecular flexibility index (Phi) is 5.74. The largest absolute Gasteiger partial charge is 0.493 e. The highest BCUT2D eigenvalue weighted by Gasteiger charge is 2.30. The second kappa shape index (κ2) is 8.20. The Morgan fingerprint density at radius 3 is 2.22 bits per heavy atom. The molecule has 6 heteroatoms. The number of rotatable bonds is 5. The van der Waals surface area contributed by atoms with Crippen LogP contribution in [0.5, 0.6) is 17.2 Å². The van der Waals surface area contributed by atoms with E-state index in [-0.39, 0.29) is 12.1 Å². The molecule has 1 aliphatic heterocycles. The minimum absolute atomic E-state index is 0.0904. The number of carbonyl (C=O) groups is 1. The molecule has 1 atom stereocenters. The Morgan fingerprint density at radius 1 is 1.04 bits per heavy atom. The summed E-state index contributed by atoms with van der Waals surface area (Å²) in [6.07, 6.45) is 1.95. The number of amides is 2. The molecule has 2 amide bonds. The minimum atomic E-state index is -0.132. The smallest absolute Gasteiger partial charge is 0.322 e. The number of nitrogens with one attached hydrogen (secondary N) is 1. The van der Waals surface area contributed by atoms with Crippen molar-refractivity contribution in [1.82, 2.24) is 4.90 Å². The Balaban J connectivity index is 1.81. The fourth-order valence-corrected chi connectivity index (χ4v) is 3.49. The first kappa shape index (κ1) is 18.9. The molecule has 0 unspecified atom stereocenters. The molecule has 2 aromatic rings. The van der Waals surface area contributed by atoms with Crippen LogP contribution in [0.2, 0.25) is 0 Å². The summed E-state index contributed by atoms with van der Waals surface area (Å²) in [6, 6.07) is 11.8. The molecule has 0 saturated carbocycles. The van der Waals surface area contributed by atoms with Crippen LogP contribution < -0.4 is 19.5 Å². The molecule has 1 aliphatic rings. The molecule has 3 rings (SSSR count). The number of carbonyl (C=O) groups excluding carboxylic acids is 1. The van der Waals surface area contributed by atoms with E-state index in [2.05, 4.69) is 36.5 Å². The van der Waals surface area contributed by atoms with E-state index in [0.717, 1.165) is 24.9 Å². The average Bonchev–Trinajstić information content (AvgIpc) is 3.17. The highest BCUT2D eigenvalue weighted by atomic mass is 16.5. The molecule has 0 bridgehead atoms. The second-order valence-corrected chi connectivity index (χ2v) is 6.61. The molecule has 1 N–H and O–H groups in total. The van der Waals surface area contributed by atoms with Crippen molar-refractivity contribution in [2.75, 3.05) is 33.2 Å². The number of hydrogen-bond acceptors (Lipinski definition) is 4. The minimum Gasteiger partial charge on any atom is -0.493 e. The fourth-order valence-electron chi connectivity index (χ4n) is 3.49. The van der Waals surface area contributed by atoms with Crippen LogP contribution in [0.1, 0.15) is 30.0 Å². The zero-order chi connectivity index (χ0) is 19.4. The monoisotopic (exact) mass is 370 g/mol. The third kappa shape index (κ3) is 3.94. The van der Waals surface area contributed by atoms with Gasteiger partial charge < -0.3 is 24.4 Å². The zero-order valence-electron chi connectivity index (χ0n) is 16.2. The Bertz CT molecular complexity index is 779. The molecule has 1 saturated heterocycles. The van der Waals surface area contributed by atoms with E-state index >= 15 is 0 Å². The lowest BCUT2D eigenvalue weighted by Gasteiger charge is -2.26. The van der Waals surface area contributed by atoms with Gasteiger partial charge in [0.15, 0.2) is 11.5 Å². The zero-order valence-corrected chi connectivity index (χ0v) is 16.2. The van der Waals surface area contributed by atoms with E-state index < -0.39 is 0 Å². The highest BCUT2D eigenvalue weighted by Crippen LogP contribution is 2.40. The van der Waals surface area contributed by atoms with Gasteiger partial charge in [0, 0.05) is 18.7 Å². The van der Waals surface area contributed by atoms with Crippen LogP contribution in [0, 0.1) is 6.92 Å². The van der Waals surface area contributed by atoms with Crippen LogP contribution in [0.25, 0.3) is 0 Å². The van der Waals surface area contributed by atoms with Crippen LogP contribution in [0.3, 0.4) is 0 Å². The van der Waals surface area contributed by atoms with Gasteiger partial charge >= 0.3 is 6.03 Å². The van der Waals surface area contributed by atoms with E-state index in [1.54, 1.807) is 33.5 Å². The number of hydrogen-bond donors (Lipinski definition) is 1. The van der Waals surface area contributed by atoms with E-state index in [1.807, 2.05) is 4.90 Å². The second-order valence-electron chi connectivity index (χ2n) is 6.61. The maximum atomic E-state index is 12.9. The molecule has 27 heavy (non-hydrogen) atoms. The standard InChI is InChI=1S/C21H26N2O4/c1-14-7-9-15(10-8-14)17-6-5-11-23(17)21(24)22-16-12-18(25-2)20(27-4)19(13-16)26-3/h7-10,12-13,17H,5-6,11H2,1-4H3,(H,22,24)/t17-/m0/s1. The number of likely N-dealkylation sites (tertiary alicyclic amines) is 1. The van der Waals surface area contributed by atoms with Crippen molar-refractivity contribution in [2.24, 2.45) is 0 Å². The maximum Gasteiger partial charge on any atom is 0.322 e. The summed E-state index contributed by atoms with van der Waals surface area (Å²) in [6.45, 7) is 2.79. The van der Waals surface area contributed by atoms with Gasteiger partial charge in [0.1, 0.15) is 0 Å². The number of nitrogens with zero attached hydrogens (tertiary/aromatic N) is 1. The summed E-state index contributed by atoms with van der Waals surface area (Å²) in [7, 11) is 4.66. The summed E-state index contributed by atoms with van der Waals surface area (Å²) in [5.74, 6) is 1.50. The summed E-state index contributed by atoms with van der Waals surface area (Å²) in [5.41, 5.74) is 2.98. The van der Waals surface area contributed by atoms with Crippen molar-refractivity contribution in [2.45, 2.75) is 25.8 Å². The van der Waals surface area contributed by atoms with Crippen LogP contribution in [-0.2, 0) is 0 Å². The predicted molar refractivity (Wildman–Crippen MR) is 105 cm³/mol. The van der Waals surface area contributed by atoms with E-state index in [1.165, 1.54) is 5.56 Å². The molecule has 0 spiro atoms. The van der Waals surface area contributed by atoms with Gasteiger partial charge in [-0.25, -0.2) is 4.79 Å². The normalized spacial score (nSPS) is 16.1. The number of benzene rings is 2. The predicted octanol–water partition coefficient (Wildman–Crippen LogP) is 4.39. The van der Waals surface area contributed by atoms with Crippen molar-refractivity contribution < 1.29 is 19.0 Å². The van der Waals surface area contributed by atoms with Crippen molar-refractivity contribution in [3.05, 3.63) is 47.5 Å². The summed E-state index contributed by atoms with van der Waals surface area (Å²) < 4.78 is 16.0. The third-order valence-electron chi connectivity index (χ3n) is 4.89. The lowest BCUT2D eigenvalue weighted by atomic mass is 10.0. The number of methoxy groups -OCH3 is 3. The molecular formula is C21H26N2O4. The maximum absolute atomic E-state index is 12.9. The Morgan fingerprint density at radius 2 is 1.67 bits per heavy atom. The summed E-state index contributed by atoms with van der Waals surface area (Å²) >= 11 is 0. The van der Waals surface area contributed by atoms with Crippen molar-refractivity contribution in [1.29, 1.82) is 0 Å². The van der Waals surface area contributed by atoms with Gasteiger partial charge in [0.2, 0.25) is 5.75 Å². The van der Waals surface area contributed by atoms with E-state index in [9.17, 15) is 4.79 Å². The van der Waals surface area contributed by atoms with Crippen molar-refractivity contribution >= 4 is 11.7 Å². The molecule has 2 aromatic carbocycles. The Labute approximate surface area is 160 Å². The number of anilines is 1. The first-order chi connectivity index (χ1) is 13.1. The fraction of sp³-hybridized carbons (Fsp3) is 0.381. The van der Waals surface area contributed by atoms with E-state index in [4.69, 9.17) is 14.2 Å². The van der Waals surface area contributed by atoms with Gasteiger partial charge in [-0.15, -0.1) is 0 Å².